The Morgan fingerprint density at radius 3 is 2.57 bits per heavy atom. The highest BCUT2D eigenvalue weighted by Gasteiger charge is 2.25. The summed E-state index contributed by atoms with van der Waals surface area (Å²) in [6.07, 6.45) is 3.66. The molecule has 0 heterocycles. The summed E-state index contributed by atoms with van der Waals surface area (Å²) in [5, 5.41) is 3.53. The maximum Gasteiger partial charge on any atom is 0.242 e. The van der Waals surface area contributed by atoms with E-state index in [0.29, 0.717) is 16.9 Å². The van der Waals surface area contributed by atoms with Gasteiger partial charge in [-0.25, -0.2) is 12.7 Å². The van der Waals surface area contributed by atoms with E-state index in [9.17, 15) is 8.42 Å². The van der Waals surface area contributed by atoms with Crippen LogP contribution in [0.15, 0.2) is 29.2 Å². The van der Waals surface area contributed by atoms with Crippen LogP contribution in [0.5, 0.6) is 0 Å². The molecule has 21 heavy (non-hydrogen) atoms. The first-order chi connectivity index (χ1) is 9.80. The van der Waals surface area contributed by atoms with Crippen molar-refractivity contribution >= 4 is 15.7 Å². The molecule has 4 nitrogen and oxygen atoms in total. The molecule has 1 aromatic carbocycles. The van der Waals surface area contributed by atoms with Crippen LogP contribution in [0.25, 0.3) is 0 Å². The topological polar surface area (TPSA) is 49.4 Å². The maximum atomic E-state index is 12.2. The van der Waals surface area contributed by atoms with Gasteiger partial charge in [-0.05, 0) is 42.9 Å². The Bertz CT molecular complexity index is 584. The molecule has 0 amide bonds. The number of sulfonamides is 1. The second-order valence-corrected chi connectivity index (χ2v) is 8.61. The standard InChI is InChI=1S/C16H26N2O2S/c1-12-8-9-13(2)16(10-12)17-14-6-5-7-15(11-14)21(19,20)18(3)4/h5-7,11-13,16-17H,8-10H2,1-4H3. The lowest BCUT2D eigenvalue weighted by Gasteiger charge is -2.34. The van der Waals surface area contributed by atoms with Gasteiger partial charge in [0.05, 0.1) is 4.90 Å². The van der Waals surface area contributed by atoms with E-state index in [0.717, 1.165) is 18.0 Å². The van der Waals surface area contributed by atoms with Crippen LogP contribution in [-0.4, -0.2) is 32.9 Å². The number of hydrogen-bond acceptors (Lipinski definition) is 3. The van der Waals surface area contributed by atoms with Gasteiger partial charge in [0.2, 0.25) is 10.0 Å². The molecule has 0 spiro atoms. The van der Waals surface area contributed by atoms with Crippen molar-refractivity contribution in [3.63, 3.8) is 0 Å². The van der Waals surface area contributed by atoms with Crippen molar-refractivity contribution < 1.29 is 8.42 Å². The molecule has 1 saturated carbocycles. The Morgan fingerprint density at radius 1 is 1.19 bits per heavy atom. The second kappa shape index (κ2) is 6.36. The molecule has 1 aliphatic carbocycles. The summed E-state index contributed by atoms with van der Waals surface area (Å²) in [7, 11) is -0.259. The normalized spacial score (nSPS) is 26.8. The van der Waals surface area contributed by atoms with Gasteiger partial charge in [-0.15, -0.1) is 0 Å². The van der Waals surface area contributed by atoms with Gasteiger partial charge >= 0.3 is 0 Å². The lowest BCUT2D eigenvalue weighted by molar-refractivity contribution is 0.280. The van der Waals surface area contributed by atoms with Gasteiger partial charge in [-0.1, -0.05) is 26.3 Å². The van der Waals surface area contributed by atoms with E-state index in [1.807, 2.05) is 6.07 Å². The Morgan fingerprint density at radius 2 is 1.90 bits per heavy atom. The van der Waals surface area contributed by atoms with Gasteiger partial charge in [-0.2, -0.15) is 0 Å². The van der Waals surface area contributed by atoms with Crippen molar-refractivity contribution in [1.82, 2.24) is 4.31 Å². The molecule has 0 aliphatic heterocycles. The molecule has 0 saturated heterocycles. The highest BCUT2D eigenvalue weighted by atomic mass is 32.2. The zero-order chi connectivity index (χ0) is 15.6. The monoisotopic (exact) mass is 310 g/mol. The summed E-state index contributed by atoms with van der Waals surface area (Å²) >= 11 is 0. The molecule has 5 heteroatoms. The van der Waals surface area contributed by atoms with E-state index in [1.54, 1.807) is 32.3 Å². The Hall–Kier alpha value is -1.07. The minimum Gasteiger partial charge on any atom is -0.382 e. The maximum absolute atomic E-state index is 12.2. The number of hydrogen-bond donors (Lipinski definition) is 1. The van der Waals surface area contributed by atoms with Gasteiger partial charge in [0.25, 0.3) is 0 Å². The predicted molar refractivity (Wildman–Crippen MR) is 86.9 cm³/mol. The van der Waals surface area contributed by atoms with Crippen LogP contribution in [-0.2, 0) is 10.0 Å². The smallest absolute Gasteiger partial charge is 0.242 e. The van der Waals surface area contributed by atoms with Crippen molar-refractivity contribution in [3.8, 4) is 0 Å². The van der Waals surface area contributed by atoms with Crippen LogP contribution in [0.2, 0.25) is 0 Å². The Balaban J connectivity index is 2.18. The minimum absolute atomic E-state index is 0.342. The molecule has 2 rings (SSSR count). The van der Waals surface area contributed by atoms with Crippen LogP contribution in [0.3, 0.4) is 0 Å². The molecule has 3 unspecified atom stereocenters. The van der Waals surface area contributed by atoms with E-state index in [1.165, 1.54) is 17.1 Å². The molecule has 1 aromatic rings. The Labute approximate surface area is 128 Å². The molecule has 0 aromatic heterocycles. The fourth-order valence-electron chi connectivity index (χ4n) is 2.90. The van der Waals surface area contributed by atoms with Crippen molar-refractivity contribution in [1.29, 1.82) is 0 Å². The third kappa shape index (κ3) is 3.77. The van der Waals surface area contributed by atoms with Crippen molar-refractivity contribution in [2.24, 2.45) is 11.8 Å². The predicted octanol–water partition coefficient (Wildman–Crippen LogP) is 3.17. The molecule has 1 aliphatic rings. The van der Waals surface area contributed by atoms with E-state index in [4.69, 9.17) is 0 Å². The van der Waals surface area contributed by atoms with Gasteiger partial charge in [0.1, 0.15) is 0 Å². The summed E-state index contributed by atoms with van der Waals surface area (Å²) in [6.45, 7) is 4.55. The largest absolute Gasteiger partial charge is 0.382 e. The molecule has 3 atom stereocenters. The highest BCUT2D eigenvalue weighted by molar-refractivity contribution is 7.89. The van der Waals surface area contributed by atoms with Gasteiger partial charge in [0.15, 0.2) is 0 Å². The average Bonchev–Trinajstić information content (AvgIpc) is 2.43. The first kappa shape index (κ1) is 16.3. The first-order valence-electron chi connectivity index (χ1n) is 7.60. The highest BCUT2D eigenvalue weighted by Crippen LogP contribution is 2.31. The van der Waals surface area contributed by atoms with Crippen LogP contribution >= 0.6 is 0 Å². The van der Waals surface area contributed by atoms with Crippen LogP contribution in [0.4, 0.5) is 5.69 Å². The van der Waals surface area contributed by atoms with Crippen LogP contribution in [0.1, 0.15) is 33.1 Å². The second-order valence-electron chi connectivity index (χ2n) is 6.46. The number of rotatable bonds is 4. The molecule has 1 N–H and O–H groups in total. The van der Waals surface area contributed by atoms with Crippen LogP contribution in [0, 0.1) is 11.8 Å². The number of benzene rings is 1. The molecular weight excluding hydrogens is 284 g/mol. The van der Waals surface area contributed by atoms with Crippen molar-refractivity contribution in [2.45, 2.75) is 44.0 Å². The van der Waals surface area contributed by atoms with Gasteiger partial charge in [-0.3, -0.25) is 0 Å². The minimum atomic E-state index is -3.37. The van der Waals surface area contributed by atoms with E-state index >= 15 is 0 Å². The van der Waals surface area contributed by atoms with E-state index < -0.39 is 10.0 Å². The van der Waals surface area contributed by atoms with Gasteiger partial charge < -0.3 is 5.32 Å². The fourth-order valence-corrected chi connectivity index (χ4v) is 3.85. The van der Waals surface area contributed by atoms with Gasteiger partial charge in [0, 0.05) is 25.8 Å². The van der Waals surface area contributed by atoms with Crippen LogP contribution < -0.4 is 5.32 Å². The summed E-state index contributed by atoms with van der Waals surface area (Å²) < 4.78 is 25.6. The number of anilines is 1. The SMILES string of the molecule is CC1CCC(C)C(Nc2cccc(S(=O)(=O)N(C)C)c2)C1. The lowest BCUT2D eigenvalue weighted by Crippen LogP contribution is -2.33. The third-order valence-corrected chi connectivity index (χ3v) is 6.23. The number of nitrogens with one attached hydrogen (secondary N) is 1. The average molecular weight is 310 g/mol. The van der Waals surface area contributed by atoms with E-state index in [2.05, 4.69) is 19.2 Å². The van der Waals surface area contributed by atoms with Crippen molar-refractivity contribution in [2.75, 3.05) is 19.4 Å². The molecule has 1 fully saturated rings. The first-order valence-corrected chi connectivity index (χ1v) is 9.04. The zero-order valence-corrected chi connectivity index (χ0v) is 14.2. The van der Waals surface area contributed by atoms with E-state index in [-0.39, 0.29) is 0 Å². The molecule has 118 valence electrons. The molecular formula is C16H26N2O2S. The fraction of sp³-hybridized carbons (Fsp3) is 0.625. The third-order valence-electron chi connectivity index (χ3n) is 4.42. The van der Waals surface area contributed by atoms with Crippen molar-refractivity contribution in [3.05, 3.63) is 24.3 Å². The molecule has 0 bridgehead atoms. The number of nitrogens with zero attached hydrogens (tertiary/aromatic N) is 1. The lowest BCUT2D eigenvalue weighted by atomic mass is 9.80. The summed E-state index contributed by atoms with van der Waals surface area (Å²) in [5.74, 6) is 1.35. The zero-order valence-electron chi connectivity index (χ0n) is 13.3. The summed E-state index contributed by atoms with van der Waals surface area (Å²) in [4.78, 5) is 0.342. The summed E-state index contributed by atoms with van der Waals surface area (Å²) in [6, 6.07) is 7.55. The Kier molecular flexibility index (Phi) is 4.94. The molecule has 0 radical (unpaired) electrons. The quantitative estimate of drug-likeness (QED) is 0.929. The summed E-state index contributed by atoms with van der Waals surface area (Å²) in [5.41, 5.74) is 0.892.